The van der Waals surface area contributed by atoms with Crippen LogP contribution < -0.4 is 4.90 Å². The zero-order valence-corrected chi connectivity index (χ0v) is 22.6. The zero-order chi connectivity index (χ0) is 29.1. The minimum atomic E-state index is -1.67. The summed E-state index contributed by atoms with van der Waals surface area (Å²) in [5.41, 5.74) is 1.17. The van der Waals surface area contributed by atoms with Crippen molar-refractivity contribution in [1.82, 2.24) is 15.0 Å². The van der Waals surface area contributed by atoms with Gasteiger partial charge < -0.3 is 25.0 Å². The molecule has 1 aromatic heterocycles. The second kappa shape index (κ2) is 12.6. The fraction of sp³-hybridized carbons (Fsp3) is 0.444. The Morgan fingerprint density at radius 2 is 1.82 bits per heavy atom. The minimum Gasteiger partial charge on any atom is -0.394 e. The van der Waals surface area contributed by atoms with Crippen molar-refractivity contribution in [3.8, 4) is 11.3 Å². The summed E-state index contributed by atoms with van der Waals surface area (Å²) in [5, 5.41) is 40.1. The molecule has 2 aromatic carbocycles. The Kier molecular flexibility index (Phi) is 9.47. The van der Waals surface area contributed by atoms with E-state index in [4.69, 9.17) is 16.3 Å². The number of likely N-dealkylation sites (N-methyl/N-ethyl adjacent to an activating group) is 1. The van der Waals surface area contributed by atoms with Crippen molar-refractivity contribution in [3.63, 3.8) is 0 Å². The predicted molar refractivity (Wildman–Crippen MR) is 140 cm³/mol. The van der Waals surface area contributed by atoms with E-state index >= 15 is 0 Å². The van der Waals surface area contributed by atoms with Crippen LogP contribution in [-0.4, -0.2) is 74.3 Å². The third kappa shape index (κ3) is 6.01. The molecule has 1 fully saturated rings. The molecule has 0 spiro atoms. The van der Waals surface area contributed by atoms with E-state index in [0.29, 0.717) is 17.1 Å². The van der Waals surface area contributed by atoms with Gasteiger partial charge in [-0.3, -0.25) is 4.79 Å². The number of aryl methyl sites for hydroxylation is 1. The van der Waals surface area contributed by atoms with Crippen LogP contribution in [0.3, 0.4) is 0 Å². The maximum absolute atomic E-state index is 13.8. The summed E-state index contributed by atoms with van der Waals surface area (Å²) in [6, 6.07) is 5.31. The molecule has 1 unspecified atom stereocenters. The van der Waals surface area contributed by atoms with Crippen molar-refractivity contribution in [2.24, 2.45) is 0 Å². The second-order valence-electron chi connectivity index (χ2n) is 9.71. The molecule has 1 amide bonds. The number of aliphatic hydroxyl groups excluding tert-OH is 3. The van der Waals surface area contributed by atoms with Crippen molar-refractivity contribution in [1.29, 1.82) is 0 Å². The minimum absolute atomic E-state index is 0.0834. The van der Waals surface area contributed by atoms with E-state index in [1.807, 2.05) is 6.07 Å². The zero-order valence-electron chi connectivity index (χ0n) is 21.8. The largest absolute Gasteiger partial charge is 0.394 e. The number of aromatic nitrogens is 3. The summed E-state index contributed by atoms with van der Waals surface area (Å²) in [4.78, 5) is 15.0. The summed E-state index contributed by atoms with van der Waals surface area (Å²) in [5.74, 6) is -5.17. The van der Waals surface area contributed by atoms with Crippen molar-refractivity contribution in [2.75, 3.05) is 18.6 Å². The lowest BCUT2D eigenvalue weighted by molar-refractivity contribution is -0.205. The highest BCUT2D eigenvalue weighted by Crippen LogP contribution is 2.34. The van der Waals surface area contributed by atoms with Gasteiger partial charge in [-0.05, 0) is 42.7 Å². The second-order valence-corrected chi connectivity index (χ2v) is 10.2. The molecule has 9 nitrogen and oxygen atoms in total. The quantitative estimate of drug-likeness (QED) is 0.261. The number of carbonyl (C=O) groups is 1. The van der Waals surface area contributed by atoms with Crippen LogP contribution in [0.25, 0.3) is 11.3 Å². The van der Waals surface area contributed by atoms with Gasteiger partial charge in [-0.1, -0.05) is 42.6 Å². The summed E-state index contributed by atoms with van der Waals surface area (Å²) in [7, 11) is 1.51. The third-order valence-electron chi connectivity index (χ3n) is 7.02. The molecule has 40 heavy (non-hydrogen) atoms. The molecule has 0 saturated carbocycles. The molecular formula is C27H30ClF3N4O5. The van der Waals surface area contributed by atoms with Crippen molar-refractivity contribution in [2.45, 2.75) is 63.1 Å². The van der Waals surface area contributed by atoms with Gasteiger partial charge >= 0.3 is 0 Å². The van der Waals surface area contributed by atoms with Gasteiger partial charge in [0, 0.05) is 23.3 Å². The number of halogens is 4. The van der Waals surface area contributed by atoms with E-state index in [9.17, 15) is 33.3 Å². The van der Waals surface area contributed by atoms with Crippen LogP contribution in [0.1, 0.15) is 37.8 Å². The number of ether oxygens (including phenoxy) is 1. The number of unbranched alkanes of at least 4 members (excludes halogenated alkanes) is 2. The van der Waals surface area contributed by atoms with Gasteiger partial charge in [0.15, 0.2) is 23.6 Å². The van der Waals surface area contributed by atoms with Gasteiger partial charge in [-0.2, -0.15) is 0 Å². The Hall–Kier alpha value is -3.03. The highest BCUT2D eigenvalue weighted by Gasteiger charge is 2.49. The molecule has 3 N–H and O–H groups in total. The molecule has 216 valence electrons. The van der Waals surface area contributed by atoms with E-state index < -0.39 is 60.4 Å². The van der Waals surface area contributed by atoms with Gasteiger partial charge in [0.2, 0.25) is 0 Å². The molecule has 4 rings (SSSR count). The Labute approximate surface area is 233 Å². The Bertz CT molecular complexity index is 1340. The Morgan fingerprint density at radius 3 is 2.48 bits per heavy atom. The molecule has 0 aliphatic carbocycles. The van der Waals surface area contributed by atoms with Crippen LogP contribution >= 0.6 is 11.6 Å². The topological polar surface area (TPSA) is 121 Å². The molecule has 2 heterocycles. The number of benzene rings is 2. The molecule has 13 heteroatoms. The smallest absolute Gasteiger partial charge is 0.258 e. The van der Waals surface area contributed by atoms with Gasteiger partial charge in [0.05, 0.1) is 12.8 Å². The SMILES string of the molecule is CCCCCc1ccc(Cl)cc1N(C)C(=O)C1O[C@H](CO)[C@H](O)[C@H](n2cc(-c3cc(F)c(F)c(F)c3)nn2)[C@H]1O. The fourth-order valence-electron chi connectivity index (χ4n) is 4.81. The number of nitrogens with zero attached hydrogens (tertiary/aromatic N) is 4. The monoisotopic (exact) mass is 582 g/mol. The van der Waals surface area contributed by atoms with Crippen LogP contribution in [0.15, 0.2) is 36.5 Å². The van der Waals surface area contributed by atoms with E-state index in [1.54, 1.807) is 12.1 Å². The number of aliphatic hydroxyl groups is 3. The number of anilines is 1. The first kappa shape index (κ1) is 29.9. The van der Waals surface area contributed by atoms with E-state index in [0.717, 1.165) is 41.6 Å². The maximum Gasteiger partial charge on any atom is 0.258 e. The van der Waals surface area contributed by atoms with Crippen LogP contribution in [0, 0.1) is 17.5 Å². The highest BCUT2D eigenvalue weighted by molar-refractivity contribution is 6.31. The van der Waals surface area contributed by atoms with Gasteiger partial charge in [0.25, 0.3) is 5.91 Å². The number of carbonyl (C=O) groups excluding carboxylic acids is 1. The lowest BCUT2D eigenvalue weighted by Gasteiger charge is -2.42. The van der Waals surface area contributed by atoms with Crippen LogP contribution in [0.5, 0.6) is 0 Å². The molecule has 0 bridgehead atoms. The number of hydrogen-bond donors (Lipinski definition) is 3. The molecular weight excluding hydrogens is 553 g/mol. The van der Waals surface area contributed by atoms with E-state index in [2.05, 4.69) is 17.2 Å². The van der Waals surface area contributed by atoms with Crippen LogP contribution in [0.4, 0.5) is 18.9 Å². The number of rotatable bonds is 9. The molecule has 1 saturated heterocycles. The van der Waals surface area contributed by atoms with Crippen molar-refractivity contribution in [3.05, 3.63) is 64.6 Å². The summed E-state index contributed by atoms with van der Waals surface area (Å²) in [6.07, 6.45) is -1.25. The predicted octanol–water partition coefficient (Wildman–Crippen LogP) is 3.43. The van der Waals surface area contributed by atoms with Gasteiger partial charge in [0.1, 0.15) is 30.0 Å². The van der Waals surface area contributed by atoms with E-state index in [1.165, 1.54) is 18.1 Å². The maximum atomic E-state index is 13.8. The van der Waals surface area contributed by atoms with Gasteiger partial charge in [-0.25, -0.2) is 17.9 Å². The molecule has 0 radical (unpaired) electrons. The fourth-order valence-corrected chi connectivity index (χ4v) is 4.98. The summed E-state index contributed by atoms with van der Waals surface area (Å²) < 4.78 is 47.6. The van der Waals surface area contributed by atoms with Crippen molar-refractivity contribution >= 4 is 23.2 Å². The standard InChI is InChI=1S/C27H30ClF3N4O5/c1-3-4-5-6-14-7-8-16(28)11-20(14)34(2)27(39)26-25(38)23(24(37)21(13-36)40-26)35-12-19(32-33-35)15-9-17(29)22(31)18(30)10-15/h7-12,21,23-26,36-38H,3-6,13H2,1-2H3/t21-,23+,24+,25-,26?/m1/s1. The molecule has 3 aromatic rings. The highest BCUT2D eigenvalue weighted by atomic mass is 35.5. The summed E-state index contributed by atoms with van der Waals surface area (Å²) >= 11 is 6.22. The lowest BCUT2D eigenvalue weighted by atomic mass is 9.91. The first-order chi connectivity index (χ1) is 19.1. The number of amides is 1. The Balaban J connectivity index is 1.64. The van der Waals surface area contributed by atoms with Gasteiger partial charge in [-0.15, -0.1) is 5.10 Å². The molecule has 1 aliphatic rings. The average Bonchev–Trinajstić information content (AvgIpc) is 3.41. The lowest BCUT2D eigenvalue weighted by Crippen LogP contribution is -2.60. The molecule has 1 aliphatic heterocycles. The summed E-state index contributed by atoms with van der Waals surface area (Å²) in [6.45, 7) is 1.39. The third-order valence-corrected chi connectivity index (χ3v) is 7.26. The normalized spacial score (nSPS) is 22.9. The van der Waals surface area contributed by atoms with Crippen LogP contribution in [0.2, 0.25) is 5.02 Å². The first-order valence-corrected chi connectivity index (χ1v) is 13.2. The number of hydrogen-bond acceptors (Lipinski definition) is 7. The Morgan fingerprint density at radius 1 is 1.12 bits per heavy atom. The van der Waals surface area contributed by atoms with E-state index in [-0.39, 0.29) is 11.3 Å². The average molecular weight is 583 g/mol. The molecule has 5 atom stereocenters. The van der Waals surface area contributed by atoms with Crippen LogP contribution in [-0.2, 0) is 16.0 Å². The van der Waals surface area contributed by atoms with Crippen molar-refractivity contribution < 1.29 is 38.0 Å². The first-order valence-electron chi connectivity index (χ1n) is 12.8.